The molecule has 1 saturated carbocycles. The summed E-state index contributed by atoms with van der Waals surface area (Å²) in [7, 11) is 0. The van der Waals surface area contributed by atoms with E-state index in [1.165, 1.54) is 12.8 Å². The van der Waals surface area contributed by atoms with Gasteiger partial charge in [-0.15, -0.1) is 0 Å². The summed E-state index contributed by atoms with van der Waals surface area (Å²) in [4.78, 5) is 17.3. The summed E-state index contributed by atoms with van der Waals surface area (Å²) >= 11 is 0. The highest BCUT2D eigenvalue weighted by molar-refractivity contribution is 6.09. The zero-order valence-corrected chi connectivity index (χ0v) is 12.2. The number of rotatable bonds is 3. The van der Waals surface area contributed by atoms with E-state index in [4.69, 9.17) is 4.74 Å². The summed E-state index contributed by atoms with van der Waals surface area (Å²) in [5.41, 5.74) is 1.43. The fraction of sp³-hybridized carbons (Fsp3) is 0.529. The van der Waals surface area contributed by atoms with Crippen molar-refractivity contribution < 1.29 is 9.53 Å². The van der Waals surface area contributed by atoms with Crippen LogP contribution in [0.25, 0.3) is 0 Å². The molecule has 0 unspecified atom stereocenters. The first-order valence-electron chi connectivity index (χ1n) is 7.43. The molecular weight excluding hydrogens is 250 g/mol. The first-order valence-corrected chi connectivity index (χ1v) is 7.43. The van der Waals surface area contributed by atoms with Crippen LogP contribution in [-0.2, 0) is 4.74 Å². The molecule has 0 bridgehead atoms. The Morgan fingerprint density at radius 3 is 2.60 bits per heavy atom. The number of benzene rings is 1. The van der Waals surface area contributed by atoms with E-state index in [9.17, 15) is 4.79 Å². The molecule has 1 aliphatic carbocycles. The third-order valence-electron chi connectivity index (χ3n) is 4.12. The summed E-state index contributed by atoms with van der Waals surface area (Å²) in [5.74, 6) is 1.07. The van der Waals surface area contributed by atoms with Crippen LogP contribution in [0.5, 0.6) is 0 Å². The highest BCUT2D eigenvalue weighted by Crippen LogP contribution is 2.30. The second kappa shape index (κ2) is 5.04. The topological polar surface area (TPSA) is 38.7 Å². The van der Waals surface area contributed by atoms with Crippen LogP contribution in [0.1, 0.15) is 55.5 Å². The summed E-state index contributed by atoms with van der Waals surface area (Å²) in [6.07, 6.45) is 4.38. The van der Waals surface area contributed by atoms with Crippen LogP contribution in [0.3, 0.4) is 0 Å². The lowest BCUT2D eigenvalue weighted by Crippen LogP contribution is -2.17. The van der Waals surface area contributed by atoms with Gasteiger partial charge in [0.15, 0.2) is 5.78 Å². The van der Waals surface area contributed by atoms with E-state index in [-0.39, 0.29) is 17.2 Å². The lowest BCUT2D eigenvalue weighted by atomic mass is 9.93. The molecule has 0 radical (unpaired) electrons. The van der Waals surface area contributed by atoms with Crippen LogP contribution in [0.2, 0.25) is 0 Å². The van der Waals surface area contributed by atoms with E-state index in [0.717, 1.165) is 24.0 Å². The number of carbonyl (C=O) groups is 1. The van der Waals surface area contributed by atoms with Crippen LogP contribution in [0.4, 0.5) is 0 Å². The predicted octanol–water partition coefficient (Wildman–Crippen LogP) is 3.61. The van der Waals surface area contributed by atoms with Crippen molar-refractivity contribution in [1.29, 1.82) is 0 Å². The number of hydrogen-bond donors (Lipinski definition) is 0. The smallest absolute Gasteiger partial charge is 0.217 e. The molecule has 20 heavy (non-hydrogen) atoms. The zero-order chi connectivity index (χ0) is 14.2. The molecule has 3 heteroatoms. The second-order valence-corrected chi connectivity index (χ2v) is 6.41. The second-order valence-electron chi connectivity index (χ2n) is 6.41. The van der Waals surface area contributed by atoms with E-state index in [2.05, 4.69) is 4.99 Å². The van der Waals surface area contributed by atoms with Crippen LogP contribution >= 0.6 is 0 Å². The molecule has 1 fully saturated rings. The van der Waals surface area contributed by atoms with Crippen LogP contribution in [-0.4, -0.2) is 23.8 Å². The number of ketones is 1. The minimum Gasteiger partial charge on any atom is -0.475 e. The largest absolute Gasteiger partial charge is 0.475 e. The van der Waals surface area contributed by atoms with Gasteiger partial charge in [0.25, 0.3) is 0 Å². The quantitative estimate of drug-likeness (QED) is 0.788. The molecule has 0 N–H and O–H groups in total. The van der Waals surface area contributed by atoms with Crippen LogP contribution < -0.4 is 0 Å². The normalized spacial score (nSPS) is 21.6. The van der Waals surface area contributed by atoms with Gasteiger partial charge in [0, 0.05) is 17.0 Å². The van der Waals surface area contributed by atoms with Crippen molar-refractivity contribution in [3.63, 3.8) is 0 Å². The van der Waals surface area contributed by atoms with E-state index in [1.807, 2.05) is 38.1 Å². The Bertz CT molecular complexity index is 554. The highest BCUT2D eigenvalue weighted by atomic mass is 16.5. The summed E-state index contributed by atoms with van der Waals surface area (Å²) in [6.45, 7) is 4.66. The van der Waals surface area contributed by atoms with Gasteiger partial charge in [0.05, 0.1) is 5.54 Å². The van der Waals surface area contributed by atoms with Gasteiger partial charge < -0.3 is 4.74 Å². The van der Waals surface area contributed by atoms with Crippen molar-refractivity contribution in [2.24, 2.45) is 10.9 Å². The number of nitrogens with zero attached hydrogens (tertiary/aromatic N) is 1. The molecule has 0 atom stereocenters. The van der Waals surface area contributed by atoms with Gasteiger partial charge in [0.2, 0.25) is 5.90 Å². The van der Waals surface area contributed by atoms with Gasteiger partial charge in [-0.05, 0) is 32.8 Å². The van der Waals surface area contributed by atoms with Crippen molar-refractivity contribution in [3.8, 4) is 0 Å². The molecule has 106 valence electrons. The average Bonchev–Trinajstić information content (AvgIpc) is 3.07. The van der Waals surface area contributed by atoms with Gasteiger partial charge in [-0.2, -0.15) is 0 Å². The van der Waals surface area contributed by atoms with E-state index in [1.54, 1.807) is 0 Å². The maximum atomic E-state index is 12.7. The Kier molecular flexibility index (Phi) is 3.36. The Balaban J connectivity index is 1.94. The van der Waals surface area contributed by atoms with Crippen LogP contribution in [0.15, 0.2) is 29.3 Å². The first-order chi connectivity index (χ1) is 9.57. The Morgan fingerprint density at radius 2 is 1.95 bits per heavy atom. The molecule has 0 saturated heterocycles. The standard InChI is InChI=1S/C17H21NO2/c1-17(2)11-20-16(18-17)14-10-6-5-9-13(14)15(19)12-7-3-4-8-12/h5-6,9-10,12H,3-4,7-8,11H2,1-2H3. The van der Waals surface area contributed by atoms with E-state index in [0.29, 0.717) is 12.5 Å². The van der Waals surface area contributed by atoms with Crippen molar-refractivity contribution in [2.75, 3.05) is 6.61 Å². The van der Waals surface area contributed by atoms with E-state index >= 15 is 0 Å². The SMILES string of the molecule is CC1(C)COC(c2ccccc2C(=O)C2CCCC2)=N1. The van der Waals surface area contributed by atoms with Gasteiger partial charge in [-0.25, -0.2) is 4.99 Å². The van der Waals surface area contributed by atoms with E-state index < -0.39 is 0 Å². The summed E-state index contributed by atoms with van der Waals surface area (Å²) < 4.78 is 5.71. The molecule has 0 amide bonds. The Labute approximate surface area is 120 Å². The molecule has 1 aromatic rings. The lowest BCUT2D eigenvalue weighted by Gasteiger charge is -2.12. The van der Waals surface area contributed by atoms with Crippen molar-refractivity contribution in [1.82, 2.24) is 0 Å². The Hall–Kier alpha value is -1.64. The van der Waals surface area contributed by atoms with Crippen molar-refractivity contribution >= 4 is 11.7 Å². The minimum absolute atomic E-state index is 0.186. The molecule has 1 aliphatic heterocycles. The number of ether oxygens (including phenoxy) is 1. The fourth-order valence-electron chi connectivity index (χ4n) is 3.01. The number of aliphatic imine (C=N–C) groups is 1. The molecule has 0 spiro atoms. The number of hydrogen-bond acceptors (Lipinski definition) is 3. The molecule has 1 heterocycles. The van der Waals surface area contributed by atoms with Gasteiger partial charge in [-0.3, -0.25) is 4.79 Å². The van der Waals surface area contributed by atoms with Crippen molar-refractivity contribution in [2.45, 2.75) is 45.1 Å². The van der Waals surface area contributed by atoms with Gasteiger partial charge in [0.1, 0.15) is 6.61 Å². The fourth-order valence-corrected chi connectivity index (χ4v) is 3.01. The Morgan fingerprint density at radius 1 is 1.25 bits per heavy atom. The summed E-state index contributed by atoms with van der Waals surface area (Å²) in [6, 6.07) is 7.72. The number of Topliss-reactive ketones (excluding diaryl/α,β-unsaturated/α-hetero) is 1. The van der Waals surface area contributed by atoms with Gasteiger partial charge >= 0.3 is 0 Å². The first kappa shape index (κ1) is 13.3. The molecular formula is C17H21NO2. The average molecular weight is 271 g/mol. The van der Waals surface area contributed by atoms with Crippen LogP contribution in [0, 0.1) is 5.92 Å². The molecule has 0 aromatic heterocycles. The maximum Gasteiger partial charge on any atom is 0.217 e. The predicted molar refractivity (Wildman–Crippen MR) is 79.3 cm³/mol. The maximum absolute atomic E-state index is 12.7. The minimum atomic E-state index is -0.196. The molecule has 1 aromatic carbocycles. The van der Waals surface area contributed by atoms with Gasteiger partial charge in [-0.1, -0.05) is 31.0 Å². The third-order valence-corrected chi connectivity index (χ3v) is 4.12. The zero-order valence-electron chi connectivity index (χ0n) is 12.2. The highest BCUT2D eigenvalue weighted by Gasteiger charge is 2.31. The number of carbonyl (C=O) groups excluding carboxylic acids is 1. The third kappa shape index (κ3) is 2.49. The lowest BCUT2D eigenvalue weighted by molar-refractivity contribution is 0.0922. The molecule has 2 aliphatic rings. The van der Waals surface area contributed by atoms with Crippen molar-refractivity contribution in [3.05, 3.63) is 35.4 Å². The monoisotopic (exact) mass is 271 g/mol. The summed E-state index contributed by atoms with van der Waals surface area (Å²) in [5, 5.41) is 0. The molecule has 3 rings (SSSR count). The molecule has 3 nitrogen and oxygen atoms in total.